The molecule has 0 fully saturated rings. The van der Waals surface area contributed by atoms with E-state index in [0.717, 1.165) is 0 Å². The van der Waals surface area contributed by atoms with E-state index < -0.39 is 80.2 Å². The third kappa shape index (κ3) is 2.69. The fourth-order valence-corrected chi connectivity index (χ4v) is 1.84. The zero-order chi connectivity index (χ0) is 20.1. The molecule has 2 aliphatic carbocycles. The summed E-state index contributed by atoms with van der Waals surface area (Å²) in [5.41, 5.74) is 0. The molecule has 0 N–H and O–H groups in total. The summed E-state index contributed by atoms with van der Waals surface area (Å²) in [5, 5.41) is -5.38. The molecular weight excluding hydrogens is 396 g/mol. The minimum atomic E-state index is -3.11. The molecule has 0 aliphatic heterocycles. The number of halogens is 12. The fourth-order valence-electron chi connectivity index (χ4n) is 1.84. The van der Waals surface area contributed by atoms with Crippen molar-refractivity contribution in [1.29, 1.82) is 0 Å². The summed E-state index contributed by atoms with van der Waals surface area (Å²) in [6, 6.07) is 0. The minimum Gasteiger partial charge on any atom is -0.203 e. The Balaban J connectivity index is 3.66. The van der Waals surface area contributed by atoms with Gasteiger partial charge in [-0.2, -0.15) is 0 Å². The van der Waals surface area contributed by atoms with Gasteiger partial charge in [0.25, 0.3) is 0 Å². The molecule has 0 aromatic heterocycles. The highest BCUT2D eigenvalue weighted by molar-refractivity contribution is 5.24. The third-order valence-corrected chi connectivity index (χ3v) is 3.06. The normalized spacial score (nSPS) is 11.1. The highest BCUT2D eigenvalue weighted by Crippen LogP contribution is 2.25. The molecule has 0 saturated heterocycles. The molecule has 0 bridgehead atoms. The maximum absolute atomic E-state index is 13.8. The summed E-state index contributed by atoms with van der Waals surface area (Å²) in [4.78, 5) is 0. The van der Waals surface area contributed by atoms with Gasteiger partial charge in [0.05, 0.1) is 10.4 Å². The van der Waals surface area contributed by atoms with Gasteiger partial charge in [0.2, 0.25) is 23.3 Å². The molecule has 2 aliphatic rings. The molecule has 2 rings (SSSR count). The summed E-state index contributed by atoms with van der Waals surface area (Å²) in [6.07, 6.45) is 0. The van der Waals surface area contributed by atoms with E-state index >= 15 is 0 Å². The molecule has 0 aromatic carbocycles. The van der Waals surface area contributed by atoms with Crippen LogP contribution in [0.3, 0.4) is 0 Å². The summed E-state index contributed by atoms with van der Waals surface area (Å²) < 4.78 is 162. The summed E-state index contributed by atoms with van der Waals surface area (Å²) in [7, 11) is 0. The van der Waals surface area contributed by atoms with Crippen molar-refractivity contribution in [2.24, 2.45) is 0 Å². The molecule has 0 aromatic rings. The van der Waals surface area contributed by atoms with Crippen molar-refractivity contribution in [3.8, 4) is 0 Å². The van der Waals surface area contributed by atoms with Gasteiger partial charge in [-0.25, -0.2) is 52.7 Å². The Morgan fingerprint density at radius 3 is 0.462 bits per heavy atom. The van der Waals surface area contributed by atoms with E-state index in [2.05, 4.69) is 0 Å². The zero-order valence-corrected chi connectivity index (χ0v) is 11.5. The number of hydrogen-bond donors (Lipinski definition) is 0. The smallest absolute Gasteiger partial charge is 0.200 e. The van der Waals surface area contributed by atoms with Crippen molar-refractivity contribution >= 4 is 0 Å². The number of rotatable bonds is 0. The molecule has 0 spiro atoms. The Kier molecular flexibility index (Phi) is 4.97. The van der Waals surface area contributed by atoms with Gasteiger partial charge >= 0.3 is 0 Å². The Labute approximate surface area is 134 Å². The Bertz CT molecular complexity index is 894. The molecule has 0 radical (unpaired) electrons. The van der Waals surface area contributed by atoms with E-state index in [1.807, 2.05) is 0 Å². The lowest BCUT2D eigenvalue weighted by Crippen LogP contribution is -2.07. The highest BCUT2D eigenvalue weighted by Gasteiger charge is 2.28. The van der Waals surface area contributed by atoms with Crippen LogP contribution in [0.5, 0.6) is 0 Å². The SMILES string of the molecule is Fc1c(F)c(F)c(F)c2c(F)c(F)c(F)c(F)c(F)c(F)c=2c(F)c1F. The van der Waals surface area contributed by atoms with E-state index in [1.54, 1.807) is 0 Å². The summed E-state index contributed by atoms with van der Waals surface area (Å²) in [6.45, 7) is 0. The third-order valence-electron chi connectivity index (χ3n) is 3.06. The van der Waals surface area contributed by atoms with Crippen LogP contribution in [-0.4, -0.2) is 0 Å². The first-order chi connectivity index (χ1) is 11.9. The maximum atomic E-state index is 13.8. The van der Waals surface area contributed by atoms with E-state index in [0.29, 0.717) is 0 Å². The Morgan fingerprint density at radius 1 is 0.192 bits per heavy atom. The molecule has 0 nitrogen and oxygen atoms in total. The molecule has 0 unspecified atom stereocenters. The average molecular weight is 396 g/mol. The number of hydrogen-bond acceptors (Lipinski definition) is 0. The lowest BCUT2D eigenvalue weighted by Gasteiger charge is -2.04. The van der Waals surface area contributed by atoms with Crippen LogP contribution in [0.15, 0.2) is 0 Å². The average Bonchev–Trinajstić information content (AvgIpc) is 2.63. The van der Waals surface area contributed by atoms with Gasteiger partial charge < -0.3 is 0 Å². The first kappa shape index (κ1) is 19.7. The van der Waals surface area contributed by atoms with Gasteiger partial charge in [-0.15, -0.1) is 0 Å². The highest BCUT2D eigenvalue weighted by atomic mass is 19.2. The van der Waals surface area contributed by atoms with E-state index in [1.165, 1.54) is 0 Å². The zero-order valence-electron chi connectivity index (χ0n) is 11.5. The lowest BCUT2D eigenvalue weighted by atomic mass is 10.1. The van der Waals surface area contributed by atoms with Crippen molar-refractivity contribution in [3.05, 3.63) is 80.2 Å². The lowest BCUT2D eigenvalue weighted by molar-refractivity contribution is 0.356. The quantitative estimate of drug-likeness (QED) is 0.537. The van der Waals surface area contributed by atoms with Crippen LogP contribution < -0.4 is 0 Å². The van der Waals surface area contributed by atoms with Crippen LogP contribution in [0.2, 0.25) is 0 Å². The van der Waals surface area contributed by atoms with Gasteiger partial charge in [-0.3, -0.25) is 0 Å². The first-order valence-corrected chi connectivity index (χ1v) is 6.02. The first-order valence-electron chi connectivity index (χ1n) is 6.02. The second kappa shape index (κ2) is 6.57. The van der Waals surface area contributed by atoms with Crippen molar-refractivity contribution in [1.82, 2.24) is 0 Å². The predicted molar refractivity (Wildman–Crippen MR) is 58.9 cm³/mol. The van der Waals surface area contributed by atoms with Crippen LogP contribution >= 0.6 is 0 Å². The van der Waals surface area contributed by atoms with Gasteiger partial charge in [0, 0.05) is 0 Å². The van der Waals surface area contributed by atoms with Gasteiger partial charge in [-0.05, 0) is 0 Å². The van der Waals surface area contributed by atoms with Crippen molar-refractivity contribution in [2.45, 2.75) is 0 Å². The summed E-state index contributed by atoms with van der Waals surface area (Å²) in [5.74, 6) is -37.1. The minimum absolute atomic E-state index is 2.69. The standard InChI is InChI=1S/C14F12/c15-3-1-2(5(17)9(21)13(25)11(23)7(3)19)6(18)10(22)14(26)12(24)8(20)4(1)16. The van der Waals surface area contributed by atoms with E-state index in [4.69, 9.17) is 0 Å². The van der Waals surface area contributed by atoms with Crippen LogP contribution in [0.4, 0.5) is 52.7 Å². The van der Waals surface area contributed by atoms with Gasteiger partial charge in [-0.1, -0.05) is 0 Å². The monoisotopic (exact) mass is 396 g/mol. The molecule has 26 heavy (non-hydrogen) atoms. The van der Waals surface area contributed by atoms with Crippen molar-refractivity contribution in [3.63, 3.8) is 0 Å². The van der Waals surface area contributed by atoms with Crippen LogP contribution in [0.25, 0.3) is 0 Å². The van der Waals surface area contributed by atoms with Crippen LogP contribution in [0, 0.1) is 80.2 Å². The predicted octanol–water partition coefficient (Wildman–Crippen LogP) is 5.20. The van der Waals surface area contributed by atoms with E-state index in [9.17, 15) is 52.7 Å². The molecule has 0 amide bonds. The molecule has 0 atom stereocenters. The van der Waals surface area contributed by atoms with Crippen molar-refractivity contribution < 1.29 is 52.7 Å². The molecular formula is C14F12. The summed E-state index contributed by atoms with van der Waals surface area (Å²) >= 11 is 0. The molecule has 0 saturated carbocycles. The Hall–Kier alpha value is -2.66. The largest absolute Gasteiger partial charge is 0.203 e. The van der Waals surface area contributed by atoms with Gasteiger partial charge in [0.15, 0.2) is 46.5 Å². The van der Waals surface area contributed by atoms with Crippen LogP contribution in [0.1, 0.15) is 0 Å². The topological polar surface area (TPSA) is 0 Å². The molecule has 0 heterocycles. The Morgan fingerprint density at radius 2 is 0.308 bits per heavy atom. The van der Waals surface area contributed by atoms with Gasteiger partial charge in [0.1, 0.15) is 0 Å². The fraction of sp³-hybridized carbons (Fsp3) is 0. The molecule has 140 valence electrons. The molecule has 12 heteroatoms. The van der Waals surface area contributed by atoms with Crippen LogP contribution in [-0.2, 0) is 0 Å². The second-order valence-electron chi connectivity index (χ2n) is 4.52. The maximum Gasteiger partial charge on any atom is 0.200 e. The second-order valence-corrected chi connectivity index (χ2v) is 4.52. The van der Waals surface area contributed by atoms with Crippen molar-refractivity contribution in [2.75, 3.05) is 0 Å². The van der Waals surface area contributed by atoms with E-state index in [-0.39, 0.29) is 0 Å².